The minimum Gasteiger partial charge on any atom is -0.486 e. The third-order valence-corrected chi connectivity index (χ3v) is 4.39. The van der Waals surface area contributed by atoms with E-state index in [4.69, 9.17) is 14.2 Å². The smallest absolute Gasteiger partial charge is 0.261 e. The second-order valence-electron chi connectivity index (χ2n) is 6.46. The van der Waals surface area contributed by atoms with Gasteiger partial charge in [0, 0.05) is 0 Å². The lowest BCUT2D eigenvalue weighted by molar-refractivity contribution is -0.128. The average Bonchev–Trinajstić information content (AvgIpc) is 2.67. The lowest BCUT2D eigenvalue weighted by Crippen LogP contribution is -2.39. The molecule has 0 radical (unpaired) electrons. The number of ether oxygens (including phenoxy) is 3. The molecule has 2 aromatic carbocycles. The van der Waals surface area contributed by atoms with Crippen LogP contribution in [-0.2, 0) is 4.79 Å². The van der Waals surface area contributed by atoms with Gasteiger partial charge in [-0.25, -0.2) is 0 Å². The van der Waals surface area contributed by atoms with Crippen LogP contribution in [0.15, 0.2) is 42.5 Å². The van der Waals surface area contributed by atoms with E-state index in [1.807, 2.05) is 63.2 Å². The van der Waals surface area contributed by atoms with Crippen molar-refractivity contribution in [2.24, 2.45) is 0 Å². The molecule has 1 amide bonds. The Morgan fingerprint density at radius 3 is 2.50 bits per heavy atom. The minimum atomic E-state index is -0.530. The van der Waals surface area contributed by atoms with E-state index in [2.05, 4.69) is 5.32 Å². The lowest BCUT2D eigenvalue weighted by Gasteiger charge is -2.23. The van der Waals surface area contributed by atoms with Gasteiger partial charge < -0.3 is 19.5 Å². The van der Waals surface area contributed by atoms with Crippen molar-refractivity contribution >= 4 is 5.91 Å². The van der Waals surface area contributed by atoms with Gasteiger partial charge in [0.15, 0.2) is 17.6 Å². The minimum absolute atomic E-state index is 0.129. The molecule has 0 fully saturated rings. The van der Waals surface area contributed by atoms with Gasteiger partial charge in [-0.2, -0.15) is 0 Å². The molecule has 3 rings (SSSR count). The summed E-state index contributed by atoms with van der Waals surface area (Å²) in [5, 5.41) is 3.03. The molecule has 1 aliphatic heterocycles. The highest BCUT2D eigenvalue weighted by Crippen LogP contribution is 2.32. The van der Waals surface area contributed by atoms with Crippen LogP contribution in [-0.4, -0.2) is 25.2 Å². The Bertz CT molecular complexity index is 757. The van der Waals surface area contributed by atoms with Crippen LogP contribution in [0.4, 0.5) is 0 Å². The summed E-state index contributed by atoms with van der Waals surface area (Å²) in [5.41, 5.74) is 2.12. The van der Waals surface area contributed by atoms with Crippen molar-refractivity contribution in [3.8, 4) is 17.2 Å². The Balaban J connectivity index is 1.64. The van der Waals surface area contributed by atoms with E-state index < -0.39 is 6.10 Å². The molecule has 0 saturated carbocycles. The highest BCUT2D eigenvalue weighted by Gasteiger charge is 2.22. The van der Waals surface area contributed by atoms with Gasteiger partial charge in [0.25, 0.3) is 5.91 Å². The van der Waals surface area contributed by atoms with Gasteiger partial charge in [0.05, 0.1) is 6.04 Å². The number of rotatable bonds is 6. The summed E-state index contributed by atoms with van der Waals surface area (Å²) >= 11 is 0. The Morgan fingerprint density at radius 1 is 1.12 bits per heavy atom. The van der Waals surface area contributed by atoms with Gasteiger partial charge in [0.2, 0.25) is 0 Å². The van der Waals surface area contributed by atoms with Gasteiger partial charge in [-0.3, -0.25) is 4.79 Å². The van der Waals surface area contributed by atoms with E-state index in [-0.39, 0.29) is 11.9 Å². The van der Waals surface area contributed by atoms with E-state index >= 15 is 0 Å². The molecule has 138 valence electrons. The topological polar surface area (TPSA) is 56.8 Å². The highest BCUT2D eigenvalue weighted by molar-refractivity contribution is 5.81. The first-order valence-electron chi connectivity index (χ1n) is 9.00. The fourth-order valence-electron chi connectivity index (χ4n) is 2.82. The number of hydrogen-bond acceptors (Lipinski definition) is 4. The van der Waals surface area contributed by atoms with Gasteiger partial charge in [-0.1, -0.05) is 30.7 Å². The third kappa shape index (κ3) is 4.28. The third-order valence-electron chi connectivity index (χ3n) is 4.39. The molecule has 5 heteroatoms. The van der Waals surface area contributed by atoms with E-state index in [1.165, 1.54) is 0 Å². The summed E-state index contributed by atoms with van der Waals surface area (Å²) in [6.45, 7) is 7.00. The molecule has 5 nitrogen and oxygen atoms in total. The second-order valence-corrected chi connectivity index (χ2v) is 6.46. The van der Waals surface area contributed by atoms with Crippen LogP contribution in [0, 0.1) is 6.92 Å². The summed E-state index contributed by atoms with van der Waals surface area (Å²) in [7, 11) is 0. The summed E-state index contributed by atoms with van der Waals surface area (Å²) in [4.78, 5) is 12.6. The molecular weight excluding hydrogens is 330 g/mol. The average molecular weight is 355 g/mol. The van der Waals surface area contributed by atoms with E-state index in [1.54, 1.807) is 0 Å². The first kappa shape index (κ1) is 18.1. The van der Waals surface area contributed by atoms with Crippen LogP contribution in [0.1, 0.15) is 37.4 Å². The number of carbonyl (C=O) groups excluding carboxylic acids is 1. The zero-order chi connectivity index (χ0) is 18.5. The SMILES string of the molecule is CC[C@H](Oc1ccc(C)cc1)C(=O)N[C@@H](C)c1ccc2c(c1)OCCO2. The maximum atomic E-state index is 12.6. The van der Waals surface area contributed by atoms with Crippen molar-refractivity contribution in [3.63, 3.8) is 0 Å². The van der Waals surface area contributed by atoms with Crippen molar-refractivity contribution < 1.29 is 19.0 Å². The molecule has 0 bridgehead atoms. The van der Waals surface area contributed by atoms with Crippen LogP contribution in [0.5, 0.6) is 17.2 Å². The Morgan fingerprint density at radius 2 is 1.81 bits per heavy atom. The van der Waals surface area contributed by atoms with Gasteiger partial charge in [0.1, 0.15) is 19.0 Å². The fourth-order valence-corrected chi connectivity index (χ4v) is 2.82. The molecule has 0 aliphatic carbocycles. The van der Waals surface area contributed by atoms with Gasteiger partial charge in [-0.05, 0) is 50.1 Å². The second kappa shape index (κ2) is 8.13. The number of amides is 1. The maximum absolute atomic E-state index is 12.6. The van der Waals surface area contributed by atoms with Crippen LogP contribution in [0.3, 0.4) is 0 Å². The molecule has 1 N–H and O–H groups in total. The number of benzene rings is 2. The molecule has 0 saturated heterocycles. The fraction of sp³-hybridized carbons (Fsp3) is 0.381. The standard InChI is InChI=1S/C21H25NO4/c1-4-18(26-17-8-5-14(2)6-9-17)21(23)22-15(3)16-7-10-19-20(13-16)25-12-11-24-19/h5-10,13,15,18H,4,11-12H2,1-3H3,(H,22,23)/t15-,18-/m0/s1. The predicted octanol–water partition coefficient (Wildman–Crippen LogP) is 3.80. The predicted molar refractivity (Wildman–Crippen MR) is 99.9 cm³/mol. The monoisotopic (exact) mass is 355 g/mol. The van der Waals surface area contributed by atoms with Crippen LogP contribution in [0.25, 0.3) is 0 Å². The Hall–Kier alpha value is -2.69. The molecule has 2 aromatic rings. The van der Waals surface area contributed by atoms with Gasteiger partial charge >= 0.3 is 0 Å². The van der Waals surface area contributed by atoms with Crippen LogP contribution in [0.2, 0.25) is 0 Å². The summed E-state index contributed by atoms with van der Waals surface area (Å²) in [6.07, 6.45) is 0.0606. The summed E-state index contributed by atoms with van der Waals surface area (Å²) in [6, 6.07) is 13.3. The normalized spacial score (nSPS) is 15.0. The molecule has 0 aromatic heterocycles. The van der Waals surface area contributed by atoms with E-state index in [0.29, 0.717) is 25.4 Å². The lowest BCUT2D eigenvalue weighted by atomic mass is 10.1. The number of aryl methyl sites for hydroxylation is 1. The van der Waals surface area contributed by atoms with Gasteiger partial charge in [-0.15, -0.1) is 0 Å². The molecule has 1 aliphatic rings. The number of nitrogens with one attached hydrogen (secondary N) is 1. The largest absolute Gasteiger partial charge is 0.486 e. The van der Waals surface area contributed by atoms with E-state index in [0.717, 1.165) is 22.6 Å². The molecule has 26 heavy (non-hydrogen) atoms. The molecule has 1 heterocycles. The van der Waals surface area contributed by atoms with Crippen molar-refractivity contribution in [3.05, 3.63) is 53.6 Å². The highest BCUT2D eigenvalue weighted by atomic mass is 16.6. The van der Waals surface area contributed by atoms with Crippen molar-refractivity contribution in [2.75, 3.05) is 13.2 Å². The first-order chi connectivity index (χ1) is 12.6. The van der Waals surface area contributed by atoms with Crippen molar-refractivity contribution in [2.45, 2.75) is 39.3 Å². The number of hydrogen-bond donors (Lipinski definition) is 1. The summed E-state index contributed by atoms with van der Waals surface area (Å²) < 4.78 is 17.0. The van der Waals surface area contributed by atoms with Crippen LogP contribution < -0.4 is 19.5 Å². The summed E-state index contributed by atoms with van der Waals surface area (Å²) in [5.74, 6) is 2.03. The maximum Gasteiger partial charge on any atom is 0.261 e. The van der Waals surface area contributed by atoms with Crippen LogP contribution >= 0.6 is 0 Å². The molecular formula is C21H25NO4. The quantitative estimate of drug-likeness (QED) is 0.856. The number of fused-ring (bicyclic) bond motifs is 1. The number of carbonyl (C=O) groups is 1. The van der Waals surface area contributed by atoms with Crippen molar-refractivity contribution in [1.82, 2.24) is 5.32 Å². The zero-order valence-electron chi connectivity index (χ0n) is 15.5. The molecule has 2 atom stereocenters. The molecule has 0 spiro atoms. The van der Waals surface area contributed by atoms with Crippen molar-refractivity contribution in [1.29, 1.82) is 0 Å². The van der Waals surface area contributed by atoms with E-state index in [9.17, 15) is 4.79 Å². The Labute approximate surface area is 154 Å². The molecule has 0 unspecified atom stereocenters. The zero-order valence-corrected chi connectivity index (χ0v) is 15.5. The Kier molecular flexibility index (Phi) is 5.66. The first-order valence-corrected chi connectivity index (χ1v) is 9.00.